The largest absolute Gasteiger partial charge is 0.490 e. The molecule has 1 unspecified atom stereocenters. The summed E-state index contributed by atoms with van der Waals surface area (Å²) in [6.07, 6.45) is 3.06. The van der Waals surface area contributed by atoms with Gasteiger partial charge in [0.25, 0.3) is 15.9 Å². The van der Waals surface area contributed by atoms with E-state index in [9.17, 15) is 22.0 Å². The summed E-state index contributed by atoms with van der Waals surface area (Å²) in [4.78, 5) is 14.4. The van der Waals surface area contributed by atoms with E-state index in [4.69, 9.17) is 10.5 Å². The minimum atomic E-state index is -4.03. The smallest absolute Gasteiger partial charge is 0.262 e. The van der Waals surface area contributed by atoms with Crippen molar-refractivity contribution >= 4 is 27.1 Å². The Kier molecular flexibility index (Phi) is 6.95. The molecule has 0 spiro atoms. The van der Waals surface area contributed by atoms with E-state index < -0.39 is 33.4 Å². The molecule has 1 aromatic carbocycles. The molecule has 1 saturated heterocycles. The van der Waals surface area contributed by atoms with Gasteiger partial charge in [-0.3, -0.25) is 4.79 Å². The minimum Gasteiger partial charge on any atom is -0.490 e. The van der Waals surface area contributed by atoms with Crippen molar-refractivity contribution < 1.29 is 26.7 Å². The van der Waals surface area contributed by atoms with Crippen molar-refractivity contribution in [3.8, 4) is 5.75 Å². The van der Waals surface area contributed by atoms with E-state index in [1.807, 2.05) is 4.90 Å². The molecular weight excluding hydrogens is 480 g/mol. The van der Waals surface area contributed by atoms with Crippen molar-refractivity contribution in [3.05, 3.63) is 53.5 Å². The van der Waals surface area contributed by atoms with Crippen molar-refractivity contribution in [2.75, 3.05) is 38.3 Å². The molecule has 188 valence electrons. The van der Waals surface area contributed by atoms with Crippen LogP contribution in [0.5, 0.6) is 5.75 Å². The highest BCUT2D eigenvalue weighted by molar-refractivity contribution is 7.89. The summed E-state index contributed by atoms with van der Waals surface area (Å²) in [5, 5.41) is 3.74. The van der Waals surface area contributed by atoms with Crippen LogP contribution in [-0.2, 0) is 10.0 Å². The number of hydrogen-bond acceptors (Lipinski definition) is 6. The molecule has 4 rings (SSSR count). The number of nitrogens with zero attached hydrogens (tertiary/aromatic N) is 4. The third-order valence-electron chi connectivity index (χ3n) is 6.18. The maximum Gasteiger partial charge on any atom is 0.262 e. The Bertz CT molecular complexity index is 1360. The number of halogens is 2. The van der Waals surface area contributed by atoms with Gasteiger partial charge in [-0.15, -0.1) is 0 Å². The van der Waals surface area contributed by atoms with Gasteiger partial charge in [-0.1, -0.05) is 6.92 Å². The quantitative estimate of drug-likeness (QED) is 0.477. The summed E-state index contributed by atoms with van der Waals surface area (Å²) in [7, 11) is -2.64. The first-order valence-corrected chi connectivity index (χ1v) is 12.7. The normalized spacial score (nSPS) is 16.4. The molecule has 0 saturated carbocycles. The van der Waals surface area contributed by atoms with E-state index in [1.165, 1.54) is 29.8 Å². The highest BCUT2D eigenvalue weighted by Gasteiger charge is 2.33. The van der Waals surface area contributed by atoms with Crippen LogP contribution in [-0.4, -0.2) is 61.7 Å². The molecule has 0 bridgehead atoms. The van der Waals surface area contributed by atoms with Gasteiger partial charge in [-0.25, -0.2) is 21.7 Å². The lowest BCUT2D eigenvalue weighted by Gasteiger charge is -2.28. The van der Waals surface area contributed by atoms with Gasteiger partial charge in [0.2, 0.25) is 5.03 Å². The fourth-order valence-corrected chi connectivity index (χ4v) is 5.67. The lowest BCUT2D eigenvalue weighted by Crippen LogP contribution is -2.29. The number of anilines is 1. The molecule has 0 radical (unpaired) electrons. The number of primary amides is 1. The SMILES string of the molecule is CCN(C)S(=O)(=O)c1nn2ccc(N3CCCC3c3cc(F)ccc3OCCF)cc2c1C(N)=O. The fourth-order valence-electron chi connectivity index (χ4n) is 4.38. The molecule has 1 aliphatic rings. The highest BCUT2D eigenvalue weighted by Crippen LogP contribution is 2.41. The zero-order valence-electron chi connectivity index (χ0n) is 19.4. The second-order valence-corrected chi connectivity index (χ2v) is 10.2. The third-order valence-corrected chi connectivity index (χ3v) is 8.04. The Morgan fingerprint density at radius 3 is 2.77 bits per heavy atom. The molecule has 9 nitrogen and oxygen atoms in total. The summed E-state index contributed by atoms with van der Waals surface area (Å²) in [6.45, 7) is 1.68. The maximum absolute atomic E-state index is 14.1. The average molecular weight is 508 g/mol. The van der Waals surface area contributed by atoms with Gasteiger partial charge in [0, 0.05) is 37.6 Å². The molecule has 1 atom stereocenters. The molecule has 2 N–H and O–H groups in total. The number of amides is 1. The van der Waals surface area contributed by atoms with Gasteiger partial charge in [0.05, 0.1) is 11.6 Å². The Hall–Kier alpha value is -3.25. The number of fused-ring (bicyclic) bond motifs is 1. The number of sulfonamides is 1. The van der Waals surface area contributed by atoms with Crippen LogP contribution in [0.3, 0.4) is 0 Å². The first kappa shape index (κ1) is 24.9. The van der Waals surface area contributed by atoms with E-state index in [0.29, 0.717) is 30.0 Å². The Balaban J connectivity index is 1.80. The number of alkyl halides is 1. The second kappa shape index (κ2) is 9.78. The van der Waals surface area contributed by atoms with Gasteiger partial charge < -0.3 is 15.4 Å². The number of rotatable bonds is 9. The summed E-state index contributed by atoms with van der Waals surface area (Å²) in [5.41, 5.74) is 6.91. The Morgan fingerprint density at radius 2 is 2.09 bits per heavy atom. The topological polar surface area (TPSA) is 110 Å². The van der Waals surface area contributed by atoms with Gasteiger partial charge >= 0.3 is 0 Å². The summed E-state index contributed by atoms with van der Waals surface area (Å²) in [6, 6.07) is 7.26. The molecule has 3 heterocycles. The van der Waals surface area contributed by atoms with Crippen molar-refractivity contribution in [1.82, 2.24) is 13.9 Å². The van der Waals surface area contributed by atoms with Crippen LogP contribution in [0.4, 0.5) is 14.5 Å². The van der Waals surface area contributed by atoms with Gasteiger partial charge in [-0.2, -0.15) is 9.40 Å². The van der Waals surface area contributed by atoms with E-state index in [1.54, 1.807) is 25.3 Å². The molecular formula is C23H27F2N5O4S. The van der Waals surface area contributed by atoms with Crippen LogP contribution in [0.2, 0.25) is 0 Å². The molecule has 1 fully saturated rings. The van der Waals surface area contributed by atoms with Gasteiger partial charge in [0.15, 0.2) is 0 Å². The lowest BCUT2D eigenvalue weighted by molar-refractivity contribution is 0.0998. The van der Waals surface area contributed by atoms with Crippen molar-refractivity contribution in [2.45, 2.75) is 30.8 Å². The molecule has 1 aliphatic heterocycles. The zero-order chi connectivity index (χ0) is 25.3. The Labute approximate surface area is 202 Å². The van der Waals surface area contributed by atoms with Gasteiger partial charge in [-0.05, 0) is 43.2 Å². The van der Waals surface area contributed by atoms with Crippen LogP contribution < -0.4 is 15.4 Å². The number of ether oxygens (including phenoxy) is 1. The first-order valence-electron chi connectivity index (χ1n) is 11.2. The monoisotopic (exact) mass is 507 g/mol. The van der Waals surface area contributed by atoms with Crippen molar-refractivity contribution in [3.63, 3.8) is 0 Å². The second-order valence-electron chi connectivity index (χ2n) is 8.25. The van der Waals surface area contributed by atoms with E-state index in [0.717, 1.165) is 10.7 Å². The number of pyridine rings is 1. The number of benzene rings is 1. The van der Waals surface area contributed by atoms with Crippen LogP contribution in [0.1, 0.15) is 41.7 Å². The zero-order valence-corrected chi connectivity index (χ0v) is 20.3. The molecule has 1 amide bonds. The number of hydrogen-bond donors (Lipinski definition) is 1. The van der Waals surface area contributed by atoms with E-state index in [2.05, 4.69) is 5.10 Å². The summed E-state index contributed by atoms with van der Waals surface area (Å²) < 4.78 is 60.7. The molecule has 3 aromatic rings. The number of aromatic nitrogens is 2. The Morgan fingerprint density at radius 1 is 1.31 bits per heavy atom. The van der Waals surface area contributed by atoms with E-state index in [-0.39, 0.29) is 30.3 Å². The summed E-state index contributed by atoms with van der Waals surface area (Å²) in [5.74, 6) is -0.943. The summed E-state index contributed by atoms with van der Waals surface area (Å²) >= 11 is 0. The lowest BCUT2D eigenvalue weighted by atomic mass is 10.0. The number of carbonyl (C=O) groups is 1. The van der Waals surface area contributed by atoms with E-state index >= 15 is 0 Å². The predicted molar refractivity (Wildman–Crippen MR) is 126 cm³/mol. The average Bonchev–Trinajstić information content (AvgIpc) is 3.47. The molecule has 0 aliphatic carbocycles. The van der Waals surface area contributed by atoms with Crippen LogP contribution in [0, 0.1) is 5.82 Å². The predicted octanol–water partition coefficient (Wildman–Crippen LogP) is 2.90. The third kappa shape index (κ3) is 4.55. The molecule has 2 aromatic heterocycles. The van der Waals surface area contributed by atoms with Crippen LogP contribution >= 0.6 is 0 Å². The number of carbonyl (C=O) groups excluding carboxylic acids is 1. The van der Waals surface area contributed by atoms with Crippen molar-refractivity contribution in [1.29, 1.82) is 0 Å². The first-order chi connectivity index (χ1) is 16.7. The molecule has 12 heteroatoms. The maximum atomic E-state index is 14.1. The standard InChI is InChI=1S/C23H27F2N5O4S/c1-3-28(2)35(32,33)23-21(22(26)31)19-14-16(8-11-30(19)27-23)29-10-4-5-18(29)17-13-15(25)6-7-20(17)34-12-9-24/h6-8,11,13-14,18H,3-5,9-10,12H2,1-2H3,(H2,26,31). The molecule has 35 heavy (non-hydrogen) atoms. The van der Waals surface area contributed by atoms with Crippen LogP contribution in [0.15, 0.2) is 41.6 Å². The fraction of sp³-hybridized carbons (Fsp3) is 0.391. The minimum absolute atomic E-state index is 0.140. The van der Waals surface area contributed by atoms with Crippen LogP contribution in [0.25, 0.3) is 5.52 Å². The van der Waals surface area contributed by atoms with Crippen molar-refractivity contribution in [2.24, 2.45) is 5.73 Å². The van der Waals surface area contributed by atoms with Gasteiger partial charge in [0.1, 0.15) is 30.4 Å². The highest BCUT2D eigenvalue weighted by atomic mass is 32.2. The number of nitrogens with two attached hydrogens (primary N) is 1.